The fourth-order valence-corrected chi connectivity index (χ4v) is 2.12. The molecule has 0 aliphatic heterocycles. The first kappa shape index (κ1) is 18.7. The van der Waals surface area contributed by atoms with Crippen LogP contribution in [0.15, 0.2) is 0 Å². The molecule has 2 amide bonds. The van der Waals surface area contributed by atoms with Crippen LogP contribution in [0.5, 0.6) is 0 Å². The number of carboxylic acid groups (broad SMARTS) is 1. The van der Waals surface area contributed by atoms with Crippen molar-refractivity contribution in [3.05, 3.63) is 0 Å². The first-order valence-electron chi connectivity index (χ1n) is 7.27. The molecule has 1 unspecified atom stereocenters. The van der Waals surface area contributed by atoms with Crippen LogP contribution in [0.2, 0.25) is 0 Å². The Bertz CT molecular complexity index is 295. The lowest BCUT2D eigenvalue weighted by Crippen LogP contribution is -2.42. The molecule has 0 aliphatic carbocycles. The number of aliphatic hydroxyl groups is 1. The molecule has 0 aromatic rings. The van der Waals surface area contributed by atoms with Crippen molar-refractivity contribution >= 4 is 12.0 Å². The molecule has 6 nitrogen and oxygen atoms in total. The van der Waals surface area contributed by atoms with Crippen molar-refractivity contribution in [2.75, 3.05) is 26.2 Å². The van der Waals surface area contributed by atoms with Gasteiger partial charge in [-0.15, -0.1) is 0 Å². The third-order valence-electron chi connectivity index (χ3n) is 3.50. The molecule has 0 rings (SSSR count). The fourth-order valence-electron chi connectivity index (χ4n) is 2.12. The average Bonchev–Trinajstić information content (AvgIpc) is 2.38. The second-order valence-corrected chi connectivity index (χ2v) is 5.26. The van der Waals surface area contributed by atoms with Crippen molar-refractivity contribution in [2.24, 2.45) is 11.8 Å². The lowest BCUT2D eigenvalue weighted by Gasteiger charge is -2.23. The zero-order valence-corrected chi connectivity index (χ0v) is 12.8. The molecule has 118 valence electrons. The summed E-state index contributed by atoms with van der Waals surface area (Å²) in [5.74, 6) is -0.0925. The van der Waals surface area contributed by atoms with Gasteiger partial charge in [-0.2, -0.15) is 0 Å². The highest BCUT2D eigenvalue weighted by molar-refractivity contribution is 5.74. The summed E-state index contributed by atoms with van der Waals surface area (Å²) < 4.78 is 0. The highest BCUT2D eigenvalue weighted by atomic mass is 16.4. The maximum absolute atomic E-state index is 11.8. The molecular formula is C14H28N2O4. The fraction of sp³-hybridized carbons (Fsp3) is 0.857. The Labute approximate surface area is 121 Å². The van der Waals surface area contributed by atoms with E-state index in [2.05, 4.69) is 19.2 Å². The summed E-state index contributed by atoms with van der Waals surface area (Å²) >= 11 is 0. The smallest absolute Gasteiger partial charge is 0.317 e. The van der Waals surface area contributed by atoms with Crippen molar-refractivity contribution in [1.29, 1.82) is 0 Å². The number of amides is 2. The van der Waals surface area contributed by atoms with Crippen molar-refractivity contribution in [1.82, 2.24) is 10.2 Å². The molecule has 0 saturated heterocycles. The Morgan fingerprint density at radius 3 is 2.35 bits per heavy atom. The summed E-state index contributed by atoms with van der Waals surface area (Å²) in [5.41, 5.74) is 0. The molecule has 0 aromatic heterocycles. The second kappa shape index (κ2) is 10.5. The first-order chi connectivity index (χ1) is 9.42. The number of rotatable bonds is 10. The zero-order valence-electron chi connectivity index (χ0n) is 12.8. The summed E-state index contributed by atoms with van der Waals surface area (Å²) in [6.07, 6.45) is 1.58. The number of carboxylic acids is 1. The number of nitrogens with one attached hydrogen (secondary N) is 1. The van der Waals surface area contributed by atoms with Gasteiger partial charge in [0.15, 0.2) is 0 Å². The number of hydrogen-bond donors (Lipinski definition) is 3. The molecule has 0 bridgehead atoms. The molecule has 3 N–H and O–H groups in total. The Hall–Kier alpha value is -1.30. The quantitative estimate of drug-likeness (QED) is 0.569. The van der Waals surface area contributed by atoms with E-state index in [0.717, 1.165) is 6.42 Å². The molecule has 0 heterocycles. The van der Waals surface area contributed by atoms with Gasteiger partial charge in [0.25, 0.3) is 0 Å². The molecule has 0 radical (unpaired) electrons. The van der Waals surface area contributed by atoms with Crippen LogP contribution < -0.4 is 5.32 Å². The van der Waals surface area contributed by atoms with E-state index in [1.807, 2.05) is 6.92 Å². The largest absolute Gasteiger partial charge is 0.481 e. The molecule has 0 aliphatic rings. The van der Waals surface area contributed by atoms with E-state index >= 15 is 0 Å². The highest BCUT2D eigenvalue weighted by Gasteiger charge is 2.16. The van der Waals surface area contributed by atoms with Crippen LogP contribution in [0, 0.1) is 11.8 Å². The molecule has 1 atom stereocenters. The van der Waals surface area contributed by atoms with Gasteiger partial charge in [0.05, 0.1) is 6.61 Å². The molecular weight excluding hydrogens is 260 g/mol. The van der Waals surface area contributed by atoms with Gasteiger partial charge in [-0.25, -0.2) is 4.79 Å². The third-order valence-corrected chi connectivity index (χ3v) is 3.50. The van der Waals surface area contributed by atoms with E-state index in [1.165, 1.54) is 0 Å². The summed E-state index contributed by atoms with van der Waals surface area (Å²) in [6.45, 7) is 7.36. The predicted octanol–water partition coefficient (Wildman–Crippen LogP) is 1.54. The Morgan fingerprint density at radius 2 is 1.90 bits per heavy atom. The minimum atomic E-state index is -0.778. The number of carbonyl (C=O) groups excluding carboxylic acids is 1. The van der Waals surface area contributed by atoms with Crippen molar-refractivity contribution in [2.45, 2.75) is 40.0 Å². The van der Waals surface area contributed by atoms with Crippen LogP contribution in [0.3, 0.4) is 0 Å². The normalized spacial score (nSPS) is 12.2. The lowest BCUT2D eigenvalue weighted by atomic mass is 9.88. The number of hydrogen-bond acceptors (Lipinski definition) is 3. The lowest BCUT2D eigenvalue weighted by molar-refractivity contribution is -0.137. The summed E-state index contributed by atoms with van der Waals surface area (Å²) in [4.78, 5) is 23.9. The third kappa shape index (κ3) is 7.99. The number of nitrogens with zero attached hydrogens (tertiary/aromatic N) is 1. The molecule has 0 saturated carbocycles. The molecule has 6 heteroatoms. The minimum absolute atomic E-state index is 0.0471. The zero-order chi connectivity index (χ0) is 15.5. The highest BCUT2D eigenvalue weighted by Crippen LogP contribution is 2.20. The van der Waals surface area contributed by atoms with E-state index in [4.69, 9.17) is 10.2 Å². The van der Waals surface area contributed by atoms with E-state index in [0.29, 0.717) is 37.9 Å². The van der Waals surface area contributed by atoms with Gasteiger partial charge >= 0.3 is 12.0 Å². The minimum Gasteiger partial charge on any atom is -0.481 e. The van der Waals surface area contributed by atoms with Crippen molar-refractivity contribution in [3.63, 3.8) is 0 Å². The Kier molecular flexibility index (Phi) is 9.80. The van der Waals surface area contributed by atoms with Crippen LogP contribution in [0.25, 0.3) is 0 Å². The summed E-state index contributed by atoms with van der Waals surface area (Å²) in [7, 11) is 0. The molecule has 0 aromatic carbocycles. The Balaban J connectivity index is 4.09. The van der Waals surface area contributed by atoms with E-state index in [9.17, 15) is 9.59 Å². The van der Waals surface area contributed by atoms with E-state index in [1.54, 1.807) is 4.90 Å². The van der Waals surface area contributed by atoms with E-state index < -0.39 is 5.97 Å². The van der Waals surface area contributed by atoms with E-state index in [-0.39, 0.29) is 19.1 Å². The van der Waals surface area contributed by atoms with Gasteiger partial charge in [0, 0.05) is 26.1 Å². The van der Waals surface area contributed by atoms with Crippen LogP contribution in [-0.4, -0.2) is 53.4 Å². The van der Waals surface area contributed by atoms with Gasteiger partial charge in [-0.1, -0.05) is 13.8 Å². The predicted molar refractivity (Wildman–Crippen MR) is 77.5 cm³/mol. The number of aliphatic hydroxyl groups excluding tert-OH is 1. The van der Waals surface area contributed by atoms with Gasteiger partial charge in [-0.05, 0) is 31.6 Å². The maximum Gasteiger partial charge on any atom is 0.317 e. The first-order valence-corrected chi connectivity index (χ1v) is 7.27. The Morgan fingerprint density at radius 1 is 1.25 bits per heavy atom. The number of likely N-dealkylation sites (N-methyl/N-ethyl adjacent to an activating group) is 1. The maximum atomic E-state index is 11.8. The molecule has 0 fully saturated rings. The average molecular weight is 288 g/mol. The van der Waals surface area contributed by atoms with Crippen LogP contribution in [0.4, 0.5) is 4.79 Å². The summed E-state index contributed by atoms with van der Waals surface area (Å²) in [5, 5.41) is 20.4. The standard InChI is InChI=1S/C14H28N2O4/c1-4-16(9-10-17)14(20)15-8-7-12(11(2)3)5-6-13(18)19/h11-12,17H,4-10H2,1-3H3,(H,15,20)(H,18,19). The van der Waals surface area contributed by atoms with Gasteiger partial charge in [0.1, 0.15) is 0 Å². The van der Waals surface area contributed by atoms with Crippen LogP contribution >= 0.6 is 0 Å². The SMILES string of the molecule is CCN(CCO)C(=O)NCCC(CCC(=O)O)C(C)C. The van der Waals surface area contributed by atoms with Crippen LogP contribution in [-0.2, 0) is 4.79 Å². The van der Waals surface area contributed by atoms with Crippen molar-refractivity contribution in [3.8, 4) is 0 Å². The summed E-state index contributed by atoms with van der Waals surface area (Å²) in [6, 6.07) is -0.178. The van der Waals surface area contributed by atoms with Crippen molar-refractivity contribution < 1.29 is 19.8 Å². The van der Waals surface area contributed by atoms with Gasteiger partial charge in [-0.3, -0.25) is 4.79 Å². The van der Waals surface area contributed by atoms with Gasteiger partial charge in [0.2, 0.25) is 0 Å². The number of carbonyl (C=O) groups is 2. The van der Waals surface area contributed by atoms with Gasteiger partial charge < -0.3 is 20.4 Å². The monoisotopic (exact) mass is 288 g/mol. The second-order valence-electron chi connectivity index (χ2n) is 5.26. The number of aliphatic carboxylic acids is 1. The molecule has 20 heavy (non-hydrogen) atoms. The molecule has 0 spiro atoms. The van der Waals surface area contributed by atoms with Crippen LogP contribution in [0.1, 0.15) is 40.0 Å². The number of urea groups is 1. The topological polar surface area (TPSA) is 89.9 Å².